The quantitative estimate of drug-likeness (QED) is 0.701. The van der Waals surface area contributed by atoms with E-state index in [2.05, 4.69) is 15.6 Å². The molecular formula is C25H26FN3O4. The van der Waals surface area contributed by atoms with Crippen molar-refractivity contribution in [2.75, 3.05) is 25.6 Å². The van der Waals surface area contributed by atoms with Crippen LogP contribution in [0.25, 0.3) is 11.6 Å². The van der Waals surface area contributed by atoms with Crippen molar-refractivity contribution < 1.29 is 23.5 Å². The number of pyridine rings is 1. The van der Waals surface area contributed by atoms with E-state index in [-0.39, 0.29) is 29.6 Å². The maximum Gasteiger partial charge on any atom is 0.253 e. The number of fused-ring (bicyclic) bond motifs is 1. The Kier molecular flexibility index (Phi) is 5.85. The van der Waals surface area contributed by atoms with Gasteiger partial charge in [-0.1, -0.05) is 12.1 Å². The lowest BCUT2D eigenvalue weighted by atomic mass is 10.0. The molecule has 0 bridgehead atoms. The Bertz CT molecular complexity index is 1140. The summed E-state index contributed by atoms with van der Waals surface area (Å²) < 4.78 is 26.8. The highest BCUT2D eigenvalue weighted by atomic mass is 19.1. The second kappa shape index (κ2) is 8.94. The topological polar surface area (TPSA) is 89.6 Å². The summed E-state index contributed by atoms with van der Waals surface area (Å²) in [5, 5.41) is 5.52. The highest BCUT2D eigenvalue weighted by molar-refractivity contribution is 6.04. The van der Waals surface area contributed by atoms with Gasteiger partial charge in [0.25, 0.3) is 5.91 Å². The van der Waals surface area contributed by atoms with Crippen LogP contribution in [0.15, 0.2) is 24.4 Å². The molecule has 1 aliphatic heterocycles. The SMILES string of the molecule is CNC(=O)c1cnc(NC(=O)C2CC2)c2c1C=C(c1cccc(OC3CCOCC3)c1F)C2. The number of rotatable bonds is 6. The molecule has 2 fully saturated rings. The molecule has 5 rings (SSSR count). The van der Waals surface area contributed by atoms with Crippen molar-refractivity contribution in [1.29, 1.82) is 0 Å². The lowest BCUT2D eigenvalue weighted by Crippen LogP contribution is -2.26. The van der Waals surface area contributed by atoms with Crippen molar-refractivity contribution in [1.82, 2.24) is 10.3 Å². The van der Waals surface area contributed by atoms with Gasteiger partial charge in [-0.05, 0) is 36.1 Å². The number of hydrogen-bond acceptors (Lipinski definition) is 5. The largest absolute Gasteiger partial charge is 0.487 e. The molecule has 8 heteroatoms. The van der Waals surface area contributed by atoms with Crippen molar-refractivity contribution in [3.8, 4) is 5.75 Å². The number of carbonyl (C=O) groups is 2. The summed E-state index contributed by atoms with van der Waals surface area (Å²) in [6.45, 7) is 1.22. The summed E-state index contributed by atoms with van der Waals surface area (Å²) in [5.41, 5.74) is 2.89. The molecule has 2 aliphatic carbocycles. The van der Waals surface area contributed by atoms with Crippen LogP contribution in [0, 0.1) is 11.7 Å². The van der Waals surface area contributed by atoms with Crippen molar-refractivity contribution in [2.24, 2.45) is 5.92 Å². The molecule has 0 atom stereocenters. The van der Waals surface area contributed by atoms with Gasteiger partial charge in [-0.15, -0.1) is 0 Å². The molecule has 7 nitrogen and oxygen atoms in total. The Labute approximate surface area is 191 Å². The van der Waals surface area contributed by atoms with Gasteiger partial charge in [0.2, 0.25) is 5.91 Å². The van der Waals surface area contributed by atoms with E-state index in [9.17, 15) is 9.59 Å². The molecule has 2 aromatic rings. The summed E-state index contributed by atoms with van der Waals surface area (Å²) in [6, 6.07) is 5.11. The fraction of sp³-hybridized carbons (Fsp3) is 0.400. The van der Waals surface area contributed by atoms with Crippen LogP contribution < -0.4 is 15.4 Å². The summed E-state index contributed by atoms with van der Waals surface area (Å²) >= 11 is 0. The number of allylic oxidation sites excluding steroid dienone is 1. The number of benzene rings is 1. The van der Waals surface area contributed by atoms with E-state index in [1.54, 1.807) is 25.2 Å². The van der Waals surface area contributed by atoms with E-state index in [1.807, 2.05) is 6.08 Å². The Hall–Kier alpha value is -3.26. The number of halogens is 1. The third-order valence-corrected chi connectivity index (χ3v) is 6.34. The van der Waals surface area contributed by atoms with Gasteiger partial charge in [-0.2, -0.15) is 0 Å². The third kappa shape index (κ3) is 4.35. The summed E-state index contributed by atoms with van der Waals surface area (Å²) in [5.74, 6) is -0.122. The van der Waals surface area contributed by atoms with Gasteiger partial charge < -0.3 is 20.1 Å². The number of anilines is 1. The van der Waals surface area contributed by atoms with Gasteiger partial charge in [0.15, 0.2) is 11.6 Å². The monoisotopic (exact) mass is 451 g/mol. The number of nitrogens with one attached hydrogen (secondary N) is 2. The molecule has 172 valence electrons. The first-order chi connectivity index (χ1) is 16.0. The van der Waals surface area contributed by atoms with Crippen LogP contribution in [-0.4, -0.2) is 43.2 Å². The third-order valence-electron chi connectivity index (χ3n) is 6.34. The molecule has 2 heterocycles. The molecule has 1 aromatic carbocycles. The molecule has 1 saturated heterocycles. The van der Waals surface area contributed by atoms with E-state index in [0.29, 0.717) is 47.7 Å². The molecule has 33 heavy (non-hydrogen) atoms. The minimum atomic E-state index is -0.430. The van der Waals surface area contributed by atoms with Crippen molar-refractivity contribution >= 4 is 29.3 Å². The predicted molar refractivity (Wildman–Crippen MR) is 121 cm³/mol. The molecule has 0 radical (unpaired) electrons. The van der Waals surface area contributed by atoms with Gasteiger partial charge in [-0.25, -0.2) is 9.37 Å². The maximum atomic E-state index is 15.5. The van der Waals surface area contributed by atoms with Gasteiger partial charge in [-0.3, -0.25) is 9.59 Å². The van der Waals surface area contributed by atoms with Crippen LogP contribution >= 0.6 is 0 Å². The van der Waals surface area contributed by atoms with Gasteiger partial charge in [0.1, 0.15) is 11.9 Å². The van der Waals surface area contributed by atoms with Gasteiger partial charge in [0, 0.05) is 49.6 Å². The minimum Gasteiger partial charge on any atom is -0.487 e. The van der Waals surface area contributed by atoms with Crippen LogP contribution in [0.3, 0.4) is 0 Å². The number of hydrogen-bond donors (Lipinski definition) is 2. The highest BCUT2D eigenvalue weighted by Gasteiger charge is 2.32. The Morgan fingerprint density at radius 2 is 1.97 bits per heavy atom. The van der Waals surface area contributed by atoms with E-state index in [1.165, 1.54) is 6.20 Å². The van der Waals surface area contributed by atoms with Crippen molar-refractivity contribution in [2.45, 2.75) is 38.2 Å². The van der Waals surface area contributed by atoms with Crippen LogP contribution in [0.2, 0.25) is 0 Å². The van der Waals surface area contributed by atoms with E-state index in [4.69, 9.17) is 9.47 Å². The molecule has 1 saturated carbocycles. The average molecular weight is 451 g/mol. The van der Waals surface area contributed by atoms with Gasteiger partial charge in [0.05, 0.1) is 18.8 Å². The van der Waals surface area contributed by atoms with Crippen LogP contribution in [0.1, 0.15) is 52.7 Å². The zero-order valence-electron chi connectivity index (χ0n) is 18.4. The van der Waals surface area contributed by atoms with Crippen molar-refractivity contribution in [3.05, 3.63) is 52.5 Å². The lowest BCUT2D eigenvalue weighted by molar-refractivity contribution is -0.117. The Balaban J connectivity index is 1.47. The van der Waals surface area contributed by atoms with E-state index in [0.717, 1.165) is 31.2 Å². The number of carbonyl (C=O) groups excluding carboxylic acids is 2. The molecule has 1 aromatic heterocycles. The fourth-order valence-corrected chi connectivity index (χ4v) is 4.31. The first kappa shape index (κ1) is 21.6. The second-order valence-electron chi connectivity index (χ2n) is 8.65. The van der Waals surface area contributed by atoms with Crippen molar-refractivity contribution in [3.63, 3.8) is 0 Å². The first-order valence-electron chi connectivity index (χ1n) is 11.3. The Morgan fingerprint density at radius 3 is 2.70 bits per heavy atom. The average Bonchev–Trinajstić information content (AvgIpc) is 3.59. The van der Waals surface area contributed by atoms with E-state index >= 15 is 4.39 Å². The summed E-state index contributed by atoms with van der Waals surface area (Å²) in [7, 11) is 1.55. The number of nitrogens with zero attached hydrogens (tertiary/aromatic N) is 1. The zero-order valence-corrected chi connectivity index (χ0v) is 18.4. The van der Waals surface area contributed by atoms with Gasteiger partial charge >= 0.3 is 0 Å². The van der Waals surface area contributed by atoms with Crippen LogP contribution in [0.4, 0.5) is 10.2 Å². The molecule has 3 aliphatic rings. The standard InChI is InChI=1S/C25H26FN3O4/c1-27-25(31)20-13-28-23(29-24(30)14-5-6-14)19-12-15(11-18(19)20)17-3-2-4-21(22(17)26)33-16-7-9-32-10-8-16/h2-4,11,13-14,16H,5-10,12H2,1H3,(H,27,31)(H,28,29,30). The normalized spacial score (nSPS) is 17.8. The summed E-state index contributed by atoms with van der Waals surface area (Å²) in [4.78, 5) is 29.2. The smallest absolute Gasteiger partial charge is 0.253 e. The van der Waals surface area contributed by atoms with Crippen LogP contribution in [-0.2, 0) is 16.0 Å². The Morgan fingerprint density at radius 1 is 1.18 bits per heavy atom. The second-order valence-corrected chi connectivity index (χ2v) is 8.65. The zero-order chi connectivity index (χ0) is 22.9. The first-order valence-corrected chi connectivity index (χ1v) is 11.3. The molecule has 0 unspecified atom stereocenters. The highest BCUT2D eigenvalue weighted by Crippen LogP contribution is 2.40. The molecule has 2 N–H and O–H groups in total. The minimum absolute atomic E-state index is 0.0198. The number of aromatic nitrogens is 1. The lowest BCUT2D eigenvalue weighted by Gasteiger charge is -2.24. The summed E-state index contributed by atoms with van der Waals surface area (Å²) in [6.07, 6.45) is 6.74. The van der Waals surface area contributed by atoms with Crippen LogP contribution in [0.5, 0.6) is 5.75 Å². The maximum absolute atomic E-state index is 15.5. The molecule has 0 spiro atoms. The van der Waals surface area contributed by atoms with E-state index < -0.39 is 5.82 Å². The fourth-order valence-electron chi connectivity index (χ4n) is 4.31. The molecular weight excluding hydrogens is 425 g/mol. The predicted octanol–water partition coefficient (Wildman–Crippen LogP) is 3.58. The number of amides is 2. The molecule has 2 amide bonds. The number of ether oxygens (including phenoxy) is 2.